The quantitative estimate of drug-likeness (QED) is 0.0788. The van der Waals surface area contributed by atoms with Crippen LogP contribution < -0.4 is 5.32 Å². The number of allylic oxidation sites excluding steroid dienone is 3. The summed E-state index contributed by atoms with van der Waals surface area (Å²) in [5, 5.41) is 15.0. The molecule has 0 aromatic carbocycles. The van der Waals surface area contributed by atoms with Crippen LogP contribution in [0.2, 0.25) is 36.3 Å². The van der Waals surface area contributed by atoms with Gasteiger partial charge in [-0.3, -0.25) is 4.79 Å². The van der Waals surface area contributed by atoms with Gasteiger partial charge in [-0.2, -0.15) is 0 Å². The standard InChI is InChI=1S/C43H83NO4Si2/c1-19-20-24-31(3)38(45)36(8)40(48-50(17,18)43(12,13)14)33(5)28-30(2)27-32(4)39(47-49(15,16)42(9,10)11)34(6)29-44-41(46)35(7)37-25-22-21-23-26-37/h19-20,24,27,31-40,45H,1,21-23,25-26,28-29H2,2-18H3,(H,44,46). The first-order chi connectivity index (χ1) is 22.8. The van der Waals surface area contributed by atoms with E-state index in [9.17, 15) is 9.90 Å². The van der Waals surface area contributed by atoms with Crippen LogP contribution in [0.4, 0.5) is 0 Å². The molecule has 1 saturated carbocycles. The van der Waals surface area contributed by atoms with E-state index < -0.39 is 22.7 Å². The lowest BCUT2D eigenvalue weighted by molar-refractivity contribution is -0.126. The molecule has 0 radical (unpaired) electrons. The van der Waals surface area contributed by atoms with Crippen LogP contribution in [0.25, 0.3) is 0 Å². The van der Waals surface area contributed by atoms with Crippen LogP contribution >= 0.6 is 0 Å². The predicted molar refractivity (Wildman–Crippen MR) is 222 cm³/mol. The molecule has 1 rings (SSSR count). The minimum atomic E-state index is -2.11. The van der Waals surface area contributed by atoms with Crippen molar-refractivity contribution in [3.8, 4) is 0 Å². The molecule has 9 unspecified atom stereocenters. The molecule has 0 bridgehead atoms. The van der Waals surface area contributed by atoms with Crippen LogP contribution in [-0.2, 0) is 13.6 Å². The Hall–Kier alpha value is -0.996. The van der Waals surface area contributed by atoms with Crippen molar-refractivity contribution in [3.05, 3.63) is 36.5 Å². The van der Waals surface area contributed by atoms with Crippen molar-refractivity contribution in [2.45, 2.75) is 183 Å². The molecule has 292 valence electrons. The van der Waals surface area contributed by atoms with E-state index in [2.05, 4.69) is 134 Å². The van der Waals surface area contributed by atoms with Crippen molar-refractivity contribution in [1.82, 2.24) is 5.32 Å². The number of carbonyl (C=O) groups excluding carboxylic acids is 1. The predicted octanol–water partition coefficient (Wildman–Crippen LogP) is 11.7. The lowest BCUT2D eigenvalue weighted by atomic mass is 9.80. The van der Waals surface area contributed by atoms with Gasteiger partial charge in [-0.1, -0.05) is 139 Å². The summed E-state index contributed by atoms with van der Waals surface area (Å²) in [4.78, 5) is 13.3. The van der Waals surface area contributed by atoms with Gasteiger partial charge in [0.25, 0.3) is 0 Å². The van der Waals surface area contributed by atoms with Crippen LogP contribution in [0.1, 0.15) is 129 Å². The molecule has 2 N–H and O–H groups in total. The summed E-state index contributed by atoms with van der Waals surface area (Å²) >= 11 is 0. The van der Waals surface area contributed by atoms with Crippen molar-refractivity contribution >= 4 is 22.5 Å². The average molecular weight is 734 g/mol. The van der Waals surface area contributed by atoms with Gasteiger partial charge in [0.15, 0.2) is 16.6 Å². The topological polar surface area (TPSA) is 67.8 Å². The Morgan fingerprint density at radius 2 is 1.34 bits per heavy atom. The fraction of sp³-hybridized carbons (Fsp3) is 0.837. The molecular weight excluding hydrogens is 651 g/mol. The summed E-state index contributed by atoms with van der Waals surface area (Å²) in [7, 11) is -4.20. The number of hydrogen-bond donors (Lipinski definition) is 2. The van der Waals surface area contributed by atoms with Crippen LogP contribution in [-0.4, -0.2) is 52.5 Å². The SMILES string of the molecule is C=CC=CC(C)C(O)C(C)C(O[Si](C)(C)C(C)(C)C)C(C)CC(C)=CC(C)C(O[Si](C)(C)C(C)(C)C)C(C)CNC(=O)C(C)C1CCCCC1. The number of rotatable bonds is 19. The average Bonchev–Trinajstić information content (AvgIpc) is 3.01. The third kappa shape index (κ3) is 14.1. The second kappa shape index (κ2) is 19.9. The van der Waals surface area contributed by atoms with Crippen LogP contribution in [0.5, 0.6) is 0 Å². The van der Waals surface area contributed by atoms with E-state index in [4.69, 9.17) is 8.85 Å². The third-order valence-corrected chi connectivity index (χ3v) is 21.8. The first kappa shape index (κ1) is 47.0. The molecule has 1 amide bonds. The molecule has 0 heterocycles. The van der Waals surface area contributed by atoms with Crippen molar-refractivity contribution < 1.29 is 18.8 Å². The van der Waals surface area contributed by atoms with Crippen LogP contribution in [0, 0.1) is 41.4 Å². The minimum Gasteiger partial charge on any atom is -0.413 e. The molecular formula is C43H83NO4Si2. The second-order valence-corrected chi connectivity index (χ2v) is 29.0. The summed E-state index contributed by atoms with van der Waals surface area (Å²) in [5.41, 5.74) is 1.32. The first-order valence-corrected chi connectivity index (χ1v) is 25.9. The fourth-order valence-corrected chi connectivity index (χ4v) is 10.1. The maximum Gasteiger partial charge on any atom is 0.223 e. The van der Waals surface area contributed by atoms with Gasteiger partial charge >= 0.3 is 0 Å². The van der Waals surface area contributed by atoms with E-state index in [0.29, 0.717) is 12.5 Å². The molecule has 0 spiro atoms. The zero-order valence-corrected chi connectivity index (χ0v) is 37.9. The Balaban J connectivity index is 3.32. The highest BCUT2D eigenvalue weighted by atomic mass is 28.4. The van der Waals surface area contributed by atoms with E-state index in [1.165, 1.54) is 37.7 Å². The molecule has 0 aliphatic heterocycles. The Labute approximate surface area is 313 Å². The van der Waals surface area contributed by atoms with Crippen molar-refractivity contribution in [2.75, 3.05) is 6.54 Å². The smallest absolute Gasteiger partial charge is 0.223 e. The number of aliphatic hydroxyl groups is 1. The highest BCUT2D eigenvalue weighted by Gasteiger charge is 2.44. The molecule has 0 aromatic rings. The first-order valence-electron chi connectivity index (χ1n) is 20.0. The number of hydrogen-bond acceptors (Lipinski definition) is 4. The zero-order chi connectivity index (χ0) is 38.8. The van der Waals surface area contributed by atoms with E-state index in [1.807, 2.05) is 12.2 Å². The van der Waals surface area contributed by atoms with Crippen LogP contribution in [0.3, 0.4) is 0 Å². The van der Waals surface area contributed by atoms with Crippen molar-refractivity contribution in [2.24, 2.45) is 41.4 Å². The third-order valence-electron chi connectivity index (χ3n) is 12.8. The fourth-order valence-electron chi connectivity index (χ4n) is 7.18. The molecule has 9 atom stereocenters. The molecule has 1 aliphatic rings. The highest BCUT2D eigenvalue weighted by molar-refractivity contribution is 6.74. The summed E-state index contributed by atoms with van der Waals surface area (Å²) < 4.78 is 14.4. The maximum atomic E-state index is 13.3. The molecule has 1 aliphatic carbocycles. The molecule has 0 saturated heterocycles. The summed E-state index contributed by atoms with van der Waals surface area (Å²) in [5.74, 6) is 1.27. The summed E-state index contributed by atoms with van der Waals surface area (Å²) in [6.07, 6.45) is 14.6. The van der Waals surface area contributed by atoms with E-state index >= 15 is 0 Å². The second-order valence-electron chi connectivity index (χ2n) is 19.5. The molecule has 50 heavy (non-hydrogen) atoms. The highest BCUT2D eigenvalue weighted by Crippen LogP contribution is 2.42. The number of aliphatic hydroxyl groups excluding tert-OH is 1. The van der Waals surface area contributed by atoms with Gasteiger partial charge in [-0.25, -0.2) is 0 Å². The molecule has 7 heteroatoms. The van der Waals surface area contributed by atoms with E-state index in [0.717, 1.165) is 6.42 Å². The molecule has 0 aromatic heterocycles. The van der Waals surface area contributed by atoms with Gasteiger partial charge in [0.05, 0.1) is 18.3 Å². The summed E-state index contributed by atoms with van der Waals surface area (Å²) in [6, 6.07) is 0. The normalized spacial score (nSPS) is 21.5. The lowest BCUT2D eigenvalue weighted by Crippen LogP contribution is -2.50. The maximum absolute atomic E-state index is 13.3. The Morgan fingerprint density at radius 1 is 0.840 bits per heavy atom. The van der Waals surface area contributed by atoms with E-state index in [1.54, 1.807) is 6.08 Å². The van der Waals surface area contributed by atoms with Gasteiger partial charge in [-0.05, 0) is 86.1 Å². The number of amides is 1. The summed E-state index contributed by atoms with van der Waals surface area (Å²) in [6.45, 7) is 42.9. The van der Waals surface area contributed by atoms with E-state index in [-0.39, 0.29) is 63.7 Å². The molecule has 1 fully saturated rings. The van der Waals surface area contributed by atoms with Gasteiger partial charge in [0.1, 0.15) is 0 Å². The van der Waals surface area contributed by atoms with Crippen molar-refractivity contribution in [3.63, 3.8) is 0 Å². The molecule has 5 nitrogen and oxygen atoms in total. The zero-order valence-electron chi connectivity index (χ0n) is 35.9. The number of carbonyl (C=O) groups is 1. The largest absolute Gasteiger partial charge is 0.413 e. The van der Waals surface area contributed by atoms with Crippen molar-refractivity contribution in [1.29, 1.82) is 0 Å². The Morgan fingerprint density at radius 3 is 1.82 bits per heavy atom. The van der Waals surface area contributed by atoms with Gasteiger partial charge < -0.3 is 19.3 Å². The van der Waals surface area contributed by atoms with Gasteiger partial charge in [0, 0.05) is 24.3 Å². The lowest BCUT2D eigenvalue weighted by Gasteiger charge is -2.44. The van der Waals surface area contributed by atoms with Crippen LogP contribution in [0.15, 0.2) is 36.5 Å². The van der Waals surface area contributed by atoms with Gasteiger partial charge in [0.2, 0.25) is 5.91 Å². The number of nitrogens with one attached hydrogen (secondary N) is 1. The monoisotopic (exact) mass is 734 g/mol. The Kier molecular flexibility index (Phi) is 18.7. The minimum absolute atomic E-state index is 0.00162. The van der Waals surface area contributed by atoms with Gasteiger partial charge in [-0.15, -0.1) is 0 Å². The Bertz CT molecular complexity index is 1100.